The van der Waals surface area contributed by atoms with Crippen molar-refractivity contribution in [3.05, 3.63) is 36.2 Å². The van der Waals surface area contributed by atoms with E-state index >= 15 is 0 Å². The van der Waals surface area contributed by atoms with Gasteiger partial charge in [-0.25, -0.2) is 9.78 Å². The Morgan fingerprint density at radius 3 is 3.27 bits per heavy atom. The molecule has 0 amide bonds. The highest BCUT2D eigenvalue weighted by Crippen LogP contribution is 2.12. The number of fused-ring (bicyclic) bond motifs is 1. The summed E-state index contributed by atoms with van der Waals surface area (Å²) in [5.41, 5.74) is 1.71. The first-order valence-electron chi connectivity index (χ1n) is 4.49. The second-order valence-electron chi connectivity index (χ2n) is 3.04. The normalized spacial score (nSPS) is 11.0. The highest BCUT2D eigenvalue weighted by Gasteiger charge is 1.96. The minimum atomic E-state index is -0.371. The molecule has 0 atom stereocenters. The van der Waals surface area contributed by atoms with E-state index in [1.165, 1.54) is 13.2 Å². The summed E-state index contributed by atoms with van der Waals surface area (Å²) in [7, 11) is 1.35. The third-order valence-electron chi connectivity index (χ3n) is 2.03. The van der Waals surface area contributed by atoms with Crippen molar-refractivity contribution >= 4 is 23.1 Å². The lowest BCUT2D eigenvalue weighted by molar-refractivity contribution is -0.134. The number of rotatable bonds is 2. The van der Waals surface area contributed by atoms with E-state index < -0.39 is 0 Å². The molecule has 0 spiro atoms. The Hall–Kier alpha value is -2.10. The van der Waals surface area contributed by atoms with Crippen LogP contribution >= 0.6 is 0 Å². The number of methoxy groups -OCH3 is 1. The number of nitrogens with one attached hydrogen (secondary N) is 1. The molecular formula is C11H10N2O2. The molecule has 4 nitrogen and oxygen atoms in total. The maximum absolute atomic E-state index is 10.9. The quantitative estimate of drug-likeness (QED) is 0.596. The van der Waals surface area contributed by atoms with Crippen LogP contribution in [0.15, 0.2) is 30.6 Å². The van der Waals surface area contributed by atoms with Crippen LogP contribution in [0.2, 0.25) is 0 Å². The summed E-state index contributed by atoms with van der Waals surface area (Å²) >= 11 is 0. The Kier molecular flexibility index (Phi) is 2.49. The summed E-state index contributed by atoms with van der Waals surface area (Å²) in [6.45, 7) is 0. The van der Waals surface area contributed by atoms with Crippen LogP contribution in [0.1, 0.15) is 5.56 Å². The number of carbonyl (C=O) groups is 1. The number of H-pyrrole nitrogens is 1. The molecule has 0 unspecified atom stereocenters. The van der Waals surface area contributed by atoms with Gasteiger partial charge in [-0.2, -0.15) is 0 Å². The standard InChI is InChI=1S/C11H10N2O2/c1-15-10(14)3-2-8-6-9-4-5-12-11(9)13-7-8/h2-7H,1H3,(H,12,13)/b3-2+. The Balaban J connectivity index is 2.28. The lowest BCUT2D eigenvalue weighted by Gasteiger charge is -1.93. The minimum Gasteiger partial charge on any atom is -0.466 e. The van der Waals surface area contributed by atoms with Gasteiger partial charge in [0.25, 0.3) is 0 Å². The molecule has 4 heteroatoms. The first-order valence-corrected chi connectivity index (χ1v) is 4.49. The van der Waals surface area contributed by atoms with E-state index in [2.05, 4.69) is 14.7 Å². The summed E-state index contributed by atoms with van der Waals surface area (Å²) in [5, 5.41) is 1.02. The average Bonchev–Trinajstić information content (AvgIpc) is 2.72. The van der Waals surface area contributed by atoms with Gasteiger partial charge in [0.05, 0.1) is 7.11 Å². The summed E-state index contributed by atoms with van der Waals surface area (Å²) in [6.07, 6.45) is 6.56. The zero-order valence-corrected chi connectivity index (χ0v) is 8.23. The Morgan fingerprint density at radius 2 is 2.47 bits per heavy atom. The summed E-state index contributed by atoms with van der Waals surface area (Å²) in [5.74, 6) is -0.371. The molecule has 2 aromatic rings. The van der Waals surface area contributed by atoms with Crippen LogP contribution in [0.5, 0.6) is 0 Å². The van der Waals surface area contributed by atoms with Crippen LogP contribution in [0.4, 0.5) is 0 Å². The molecule has 0 saturated carbocycles. The van der Waals surface area contributed by atoms with Crippen LogP contribution in [0.3, 0.4) is 0 Å². The fourth-order valence-electron chi connectivity index (χ4n) is 1.28. The third-order valence-corrected chi connectivity index (χ3v) is 2.03. The van der Waals surface area contributed by atoms with E-state index in [0.717, 1.165) is 16.6 Å². The molecular weight excluding hydrogens is 192 g/mol. The molecule has 0 aromatic carbocycles. The molecule has 0 aliphatic rings. The predicted octanol–water partition coefficient (Wildman–Crippen LogP) is 1.75. The van der Waals surface area contributed by atoms with E-state index in [-0.39, 0.29) is 5.97 Å². The fourth-order valence-corrected chi connectivity index (χ4v) is 1.28. The van der Waals surface area contributed by atoms with Gasteiger partial charge in [-0.3, -0.25) is 0 Å². The van der Waals surface area contributed by atoms with Crippen molar-refractivity contribution in [2.24, 2.45) is 0 Å². The van der Waals surface area contributed by atoms with Crippen molar-refractivity contribution < 1.29 is 9.53 Å². The van der Waals surface area contributed by atoms with Gasteiger partial charge in [0.1, 0.15) is 5.65 Å². The highest BCUT2D eigenvalue weighted by molar-refractivity contribution is 5.88. The first kappa shape index (κ1) is 9.45. The van der Waals surface area contributed by atoms with Crippen molar-refractivity contribution in [3.8, 4) is 0 Å². The first-order chi connectivity index (χ1) is 7.29. The minimum absolute atomic E-state index is 0.371. The van der Waals surface area contributed by atoms with Gasteiger partial charge in [-0.1, -0.05) is 0 Å². The molecule has 1 N–H and O–H groups in total. The maximum atomic E-state index is 10.9. The fraction of sp³-hybridized carbons (Fsp3) is 0.0909. The average molecular weight is 202 g/mol. The number of hydrogen-bond acceptors (Lipinski definition) is 3. The van der Waals surface area contributed by atoms with Crippen molar-refractivity contribution in [2.45, 2.75) is 0 Å². The second-order valence-corrected chi connectivity index (χ2v) is 3.04. The molecule has 2 heterocycles. The molecule has 2 rings (SSSR count). The maximum Gasteiger partial charge on any atom is 0.330 e. The van der Waals surface area contributed by atoms with Crippen molar-refractivity contribution in [3.63, 3.8) is 0 Å². The van der Waals surface area contributed by atoms with Gasteiger partial charge < -0.3 is 9.72 Å². The Labute approximate surface area is 86.6 Å². The molecule has 2 aromatic heterocycles. The number of aromatic nitrogens is 2. The predicted molar refractivity (Wildman–Crippen MR) is 57.1 cm³/mol. The van der Waals surface area contributed by atoms with Gasteiger partial charge >= 0.3 is 5.97 Å². The topological polar surface area (TPSA) is 55.0 Å². The van der Waals surface area contributed by atoms with Crippen LogP contribution < -0.4 is 0 Å². The van der Waals surface area contributed by atoms with E-state index in [1.54, 1.807) is 12.3 Å². The van der Waals surface area contributed by atoms with Crippen LogP contribution in [0.25, 0.3) is 17.1 Å². The van der Waals surface area contributed by atoms with E-state index in [0.29, 0.717) is 0 Å². The second kappa shape index (κ2) is 3.96. The molecule has 0 saturated heterocycles. The van der Waals surface area contributed by atoms with Gasteiger partial charge in [-0.05, 0) is 23.8 Å². The summed E-state index contributed by atoms with van der Waals surface area (Å²) < 4.78 is 4.49. The monoisotopic (exact) mass is 202 g/mol. The van der Waals surface area contributed by atoms with Crippen molar-refractivity contribution in [2.75, 3.05) is 7.11 Å². The molecule has 0 aliphatic carbocycles. The van der Waals surface area contributed by atoms with Gasteiger partial charge in [0.2, 0.25) is 0 Å². The molecule has 15 heavy (non-hydrogen) atoms. The van der Waals surface area contributed by atoms with Crippen molar-refractivity contribution in [1.82, 2.24) is 9.97 Å². The number of hydrogen-bond donors (Lipinski definition) is 1. The van der Waals surface area contributed by atoms with E-state index in [9.17, 15) is 4.79 Å². The zero-order valence-electron chi connectivity index (χ0n) is 8.23. The van der Waals surface area contributed by atoms with Crippen LogP contribution in [-0.2, 0) is 9.53 Å². The smallest absolute Gasteiger partial charge is 0.330 e. The lowest BCUT2D eigenvalue weighted by Crippen LogP contribution is -1.93. The molecule has 0 fully saturated rings. The number of carbonyl (C=O) groups excluding carboxylic acids is 1. The summed E-state index contributed by atoms with van der Waals surface area (Å²) in [4.78, 5) is 18.0. The number of esters is 1. The van der Waals surface area contributed by atoms with E-state index in [1.807, 2.05) is 18.3 Å². The molecule has 0 bridgehead atoms. The van der Waals surface area contributed by atoms with Crippen molar-refractivity contribution in [1.29, 1.82) is 0 Å². The lowest BCUT2D eigenvalue weighted by atomic mass is 10.2. The Bertz CT molecular complexity index is 514. The van der Waals surface area contributed by atoms with Crippen LogP contribution in [-0.4, -0.2) is 23.0 Å². The van der Waals surface area contributed by atoms with Gasteiger partial charge in [0.15, 0.2) is 0 Å². The molecule has 0 aliphatic heterocycles. The van der Waals surface area contributed by atoms with Crippen LogP contribution in [0, 0.1) is 0 Å². The molecule has 0 radical (unpaired) electrons. The summed E-state index contributed by atoms with van der Waals surface area (Å²) in [6, 6.07) is 3.87. The zero-order chi connectivity index (χ0) is 10.7. The third kappa shape index (κ3) is 2.04. The van der Waals surface area contributed by atoms with Gasteiger partial charge in [-0.15, -0.1) is 0 Å². The Morgan fingerprint density at radius 1 is 1.60 bits per heavy atom. The number of ether oxygens (including phenoxy) is 1. The van der Waals surface area contributed by atoms with E-state index in [4.69, 9.17) is 0 Å². The van der Waals surface area contributed by atoms with Gasteiger partial charge in [0, 0.05) is 23.9 Å². The number of pyridine rings is 1. The number of nitrogens with zero attached hydrogens (tertiary/aromatic N) is 1. The largest absolute Gasteiger partial charge is 0.466 e. The highest BCUT2D eigenvalue weighted by atomic mass is 16.5. The molecule has 76 valence electrons. The SMILES string of the molecule is COC(=O)/C=C/c1cnc2[nH]ccc2c1. The number of aromatic amines is 1.